The van der Waals surface area contributed by atoms with E-state index in [1.165, 1.54) is 0 Å². The minimum atomic E-state index is 0. The minimum absolute atomic E-state index is 0. The van der Waals surface area contributed by atoms with Crippen LogP contribution in [0.5, 0.6) is 0 Å². The molecule has 0 unspecified atom stereocenters. The molecule has 2 heteroatoms. The average Bonchev–Trinajstić information content (AvgIpc) is 1.65. The summed E-state index contributed by atoms with van der Waals surface area (Å²) in [4.78, 5) is 0. The summed E-state index contributed by atoms with van der Waals surface area (Å²) in [6.45, 7) is 4.08. The fraction of sp³-hybridized carbons (Fsp3) is 1.00. The molecule has 0 aliphatic heterocycles. The van der Waals surface area contributed by atoms with Gasteiger partial charge in [0, 0.05) is 0 Å². The first-order valence-electron chi connectivity index (χ1n) is 2.39. The van der Waals surface area contributed by atoms with Crippen LogP contribution in [-0.4, -0.2) is 6.61 Å². The van der Waals surface area contributed by atoms with Crippen LogP contribution in [0.3, 0.4) is 0 Å². The van der Waals surface area contributed by atoms with Crippen molar-refractivity contribution in [2.24, 2.45) is 5.92 Å². The van der Waals surface area contributed by atoms with Gasteiger partial charge in [-0.05, 0) is 0 Å². The Labute approximate surface area is 67.4 Å². The van der Waals surface area contributed by atoms with Crippen LogP contribution in [0.1, 0.15) is 20.3 Å². The predicted molar refractivity (Wildman–Crippen MR) is 24.3 cm³/mol. The van der Waals surface area contributed by atoms with Crippen LogP contribution in [0.4, 0.5) is 0 Å². The zero-order valence-corrected chi connectivity index (χ0v) is 7.40. The molecule has 0 amide bonds. The molecule has 0 aromatic rings. The molecule has 0 N–H and O–H groups in total. The van der Waals surface area contributed by atoms with Crippen molar-refractivity contribution >= 4 is 0 Å². The maximum atomic E-state index is 9.86. The van der Waals surface area contributed by atoms with E-state index in [1.54, 1.807) is 0 Å². The third-order valence-corrected chi connectivity index (χ3v) is 0.981. The molecule has 0 spiro atoms. The van der Waals surface area contributed by atoms with E-state index in [0.29, 0.717) is 5.92 Å². The van der Waals surface area contributed by atoms with Crippen LogP contribution < -0.4 is 34.7 Å². The number of hydrogen-bond acceptors (Lipinski definition) is 1. The second-order valence-electron chi connectivity index (χ2n) is 1.68. The Morgan fingerprint density at radius 3 is 2.00 bits per heavy atom. The topological polar surface area (TPSA) is 23.1 Å². The van der Waals surface area contributed by atoms with Gasteiger partial charge in [-0.25, -0.2) is 0 Å². The van der Waals surface area contributed by atoms with E-state index in [1.807, 2.05) is 13.8 Å². The summed E-state index contributed by atoms with van der Waals surface area (Å²) in [5, 5.41) is 9.86. The zero-order chi connectivity index (χ0) is 4.99. The summed E-state index contributed by atoms with van der Waals surface area (Å²) in [5.74, 6) is 0.380. The van der Waals surface area contributed by atoms with E-state index in [-0.39, 0.29) is 36.2 Å². The van der Waals surface area contributed by atoms with Crippen LogP contribution in [0.2, 0.25) is 0 Å². The van der Waals surface area contributed by atoms with Crippen LogP contribution in [-0.2, 0) is 0 Å². The Hall–Kier alpha value is 0.960. The van der Waals surface area contributed by atoms with Crippen LogP contribution in [0.15, 0.2) is 0 Å². The second kappa shape index (κ2) is 6.96. The standard InChI is InChI=1S/C5H11O.Na/c1-3-5(2)4-6;/h5H,3-4H2,1-2H3;/q-1;+1/t5-;/m0./s1. The third kappa shape index (κ3) is 6.96. The molecule has 0 saturated heterocycles. The first-order valence-corrected chi connectivity index (χ1v) is 2.39. The van der Waals surface area contributed by atoms with E-state index in [4.69, 9.17) is 0 Å². The van der Waals surface area contributed by atoms with Crippen molar-refractivity contribution in [3.05, 3.63) is 0 Å². The predicted octanol–water partition coefficient (Wildman–Crippen LogP) is -2.60. The molecule has 0 saturated carbocycles. The van der Waals surface area contributed by atoms with E-state index in [9.17, 15) is 5.11 Å². The maximum absolute atomic E-state index is 9.86. The quantitative estimate of drug-likeness (QED) is 0.357. The van der Waals surface area contributed by atoms with Crippen molar-refractivity contribution in [1.29, 1.82) is 0 Å². The van der Waals surface area contributed by atoms with E-state index < -0.39 is 0 Å². The number of rotatable bonds is 2. The van der Waals surface area contributed by atoms with Gasteiger partial charge in [0.05, 0.1) is 0 Å². The van der Waals surface area contributed by atoms with E-state index in [0.717, 1.165) is 6.42 Å². The summed E-state index contributed by atoms with van der Waals surface area (Å²) in [5.41, 5.74) is 0. The van der Waals surface area contributed by atoms with Crippen molar-refractivity contribution in [2.75, 3.05) is 6.61 Å². The van der Waals surface area contributed by atoms with Crippen LogP contribution in [0, 0.1) is 5.92 Å². The fourth-order valence-electron chi connectivity index (χ4n) is 0.118. The molecular weight excluding hydrogens is 99.0 g/mol. The average molecular weight is 110 g/mol. The molecule has 0 aliphatic carbocycles. The molecule has 0 aromatic heterocycles. The summed E-state index contributed by atoms with van der Waals surface area (Å²) < 4.78 is 0. The van der Waals surface area contributed by atoms with Gasteiger partial charge >= 0.3 is 29.6 Å². The Bertz CT molecular complexity index is 27.3. The van der Waals surface area contributed by atoms with Gasteiger partial charge in [0.15, 0.2) is 0 Å². The second-order valence-corrected chi connectivity index (χ2v) is 1.68. The molecule has 0 heterocycles. The Balaban J connectivity index is 0. The molecule has 0 fully saturated rings. The Morgan fingerprint density at radius 1 is 1.57 bits per heavy atom. The summed E-state index contributed by atoms with van der Waals surface area (Å²) in [7, 11) is 0. The van der Waals surface area contributed by atoms with Gasteiger partial charge in [0.1, 0.15) is 0 Å². The van der Waals surface area contributed by atoms with Gasteiger partial charge in [-0.15, -0.1) is 6.61 Å². The first kappa shape index (κ1) is 10.9. The first-order chi connectivity index (χ1) is 2.81. The normalized spacial score (nSPS) is 12.4. The van der Waals surface area contributed by atoms with E-state index in [2.05, 4.69) is 0 Å². The van der Waals surface area contributed by atoms with Crippen LogP contribution in [0.25, 0.3) is 0 Å². The summed E-state index contributed by atoms with van der Waals surface area (Å²) in [6.07, 6.45) is 1.02. The van der Waals surface area contributed by atoms with Gasteiger partial charge in [-0.2, -0.15) is 0 Å². The van der Waals surface area contributed by atoms with Gasteiger partial charge in [0.25, 0.3) is 0 Å². The molecular formula is C5H11NaO. The van der Waals surface area contributed by atoms with Gasteiger partial charge in [-0.3, -0.25) is 0 Å². The van der Waals surface area contributed by atoms with Gasteiger partial charge in [0.2, 0.25) is 0 Å². The largest absolute Gasteiger partial charge is 1.00 e. The van der Waals surface area contributed by atoms with Gasteiger partial charge in [-0.1, -0.05) is 26.2 Å². The maximum Gasteiger partial charge on any atom is 1.00 e. The monoisotopic (exact) mass is 110 g/mol. The summed E-state index contributed by atoms with van der Waals surface area (Å²) >= 11 is 0. The SMILES string of the molecule is CC[C@H](C)C[O-].[Na+]. The molecule has 0 radical (unpaired) electrons. The molecule has 0 bridgehead atoms. The van der Waals surface area contributed by atoms with E-state index >= 15 is 0 Å². The molecule has 7 heavy (non-hydrogen) atoms. The molecule has 0 aliphatic rings. The van der Waals surface area contributed by atoms with Gasteiger partial charge < -0.3 is 5.11 Å². The van der Waals surface area contributed by atoms with Crippen molar-refractivity contribution in [1.82, 2.24) is 0 Å². The van der Waals surface area contributed by atoms with Crippen molar-refractivity contribution in [2.45, 2.75) is 20.3 Å². The Morgan fingerprint density at radius 2 is 2.00 bits per heavy atom. The molecule has 1 atom stereocenters. The number of hydrogen-bond donors (Lipinski definition) is 0. The Kier molecular flexibility index (Phi) is 10.8. The van der Waals surface area contributed by atoms with Crippen molar-refractivity contribution in [3.63, 3.8) is 0 Å². The van der Waals surface area contributed by atoms with Crippen LogP contribution >= 0.6 is 0 Å². The minimum Gasteiger partial charge on any atom is -0.854 e. The molecule has 0 rings (SSSR count). The third-order valence-electron chi connectivity index (χ3n) is 0.981. The fourth-order valence-corrected chi connectivity index (χ4v) is 0.118. The smallest absolute Gasteiger partial charge is 0.854 e. The zero-order valence-electron chi connectivity index (χ0n) is 5.40. The molecule has 38 valence electrons. The molecule has 1 nitrogen and oxygen atoms in total. The summed E-state index contributed by atoms with van der Waals surface area (Å²) in [6, 6.07) is 0. The van der Waals surface area contributed by atoms with Crippen molar-refractivity contribution in [3.8, 4) is 0 Å². The van der Waals surface area contributed by atoms with Crippen molar-refractivity contribution < 1.29 is 34.7 Å². The molecule has 0 aromatic carbocycles.